The van der Waals surface area contributed by atoms with Gasteiger partial charge in [-0.1, -0.05) is 12.1 Å². The topological polar surface area (TPSA) is 72.2 Å². The van der Waals surface area contributed by atoms with Crippen molar-refractivity contribution in [1.29, 1.82) is 0 Å². The van der Waals surface area contributed by atoms with Crippen molar-refractivity contribution in [3.8, 4) is 11.5 Å². The lowest BCUT2D eigenvalue weighted by Crippen LogP contribution is -2.32. The molecule has 1 aromatic heterocycles. The quantitative estimate of drug-likeness (QED) is 0.465. The van der Waals surface area contributed by atoms with Crippen LogP contribution in [0.3, 0.4) is 0 Å². The number of carbonyl (C=O) groups excluding carboxylic acids is 1. The summed E-state index contributed by atoms with van der Waals surface area (Å²) in [6.45, 7) is 7.64. The smallest absolute Gasteiger partial charge is 0.290 e. The van der Waals surface area contributed by atoms with E-state index in [-0.39, 0.29) is 23.2 Å². The van der Waals surface area contributed by atoms with Gasteiger partial charge in [0.1, 0.15) is 17.1 Å². The maximum absolute atomic E-state index is 13.7. The summed E-state index contributed by atoms with van der Waals surface area (Å²) >= 11 is 0. The summed E-state index contributed by atoms with van der Waals surface area (Å²) in [5, 5.41) is 0.435. The fraction of sp³-hybridized carbons (Fsp3) is 0.407. The Morgan fingerprint density at radius 3 is 2.59 bits per heavy atom. The predicted molar refractivity (Wildman–Crippen MR) is 132 cm³/mol. The molecule has 0 bridgehead atoms. The molecule has 34 heavy (non-hydrogen) atoms. The van der Waals surface area contributed by atoms with Crippen LogP contribution in [0.15, 0.2) is 51.7 Å². The number of benzene rings is 2. The number of nitrogens with zero attached hydrogens (tertiary/aromatic N) is 2. The van der Waals surface area contributed by atoms with Crippen LogP contribution >= 0.6 is 0 Å². The fourth-order valence-electron chi connectivity index (χ4n) is 4.42. The Hall–Kier alpha value is -3.32. The Kier molecular flexibility index (Phi) is 6.93. The van der Waals surface area contributed by atoms with E-state index in [1.807, 2.05) is 59.1 Å². The first kappa shape index (κ1) is 23.8. The molecule has 1 aliphatic heterocycles. The van der Waals surface area contributed by atoms with Crippen LogP contribution in [-0.4, -0.2) is 55.6 Å². The highest BCUT2D eigenvalue weighted by Gasteiger charge is 2.42. The SMILES string of the molecule is CCOc1ccc2c(=O)c3c(oc2c1)C(=O)N(CCCN(C)C)C3c1cccc(OC(C)C)c1. The summed E-state index contributed by atoms with van der Waals surface area (Å²) in [6, 6.07) is 12.2. The first-order valence-corrected chi connectivity index (χ1v) is 11.8. The van der Waals surface area contributed by atoms with Gasteiger partial charge in [0.25, 0.3) is 5.91 Å². The Labute approximate surface area is 199 Å². The Balaban J connectivity index is 1.85. The highest BCUT2D eigenvalue weighted by Crippen LogP contribution is 2.39. The van der Waals surface area contributed by atoms with Gasteiger partial charge in [-0.3, -0.25) is 9.59 Å². The molecular formula is C27H32N2O5. The van der Waals surface area contributed by atoms with Crippen LogP contribution in [0.2, 0.25) is 0 Å². The van der Waals surface area contributed by atoms with Crippen LogP contribution in [0.25, 0.3) is 11.0 Å². The van der Waals surface area contributed by atoms with E-state index >= 15 is 0 Å². The summed E-state index contributed by atoms with van der Waals surface area (Å²) in [5.74, 6) is 1.14. The summed E-state index contributed by atoms with van der Waals surface area (Å²) in [4.78, 5) is 31.1. The van der Waals surface area contributed by atoms with Crippen molar-refractivity contribution in [3.63, 3.8) is 0 Å². The highest BCUT2D eigenvalue weighted by atomic mass is 16.5. The van der Waals surface area contributed by atoms with Crippen molar-refractivity contribution in [2.75, 3.05) is 33.8 Å². The van der Waals surface area contributed by atoms with E-state index in [1.54, 1.807) is 23.1 Å². The average Bonchev–Trinajstić information content (AvgIpc) is 3.05. The molecule has 0 radical (unpaired) electrons. The van der Waals surface area contributed by atoms with Gasteiger partial charge in [0.2, 0.25) is 5.76 Å². The molecule has 0 saturated carbocycles. The van der Waals surface area contributed by atoms with Gasteiger partial charge in [0, 0.05) is 12.6 Å². The van der Waals surface area contributed by atoms with Crippen LogP contribution in [0.4, 0.5) is 0 Å². The largest absolute Gasteiger partial charge is 0.494 e. The zero-order valence-electron chi connectivity index (χ0n) is 20.5. The number of rotatable bonds is 9. The van der Waals surface area contributed by atoms with Gasteiger partial charge in [-0.2, -0.15) is 0 Å². The summed E-state index contributed by atoms with van der Waals surface area (Å²) in [5.41, 5.74) is 1.37. The lowest BCUT2D eigenvalue weighted by molar-refractivity contribution is 0.0721. The number of amides is 1. The van der Waals surface area contributed by atoms with Crippen molar-refractivity contribution in [2.45, 2.75) is 39.3 Å². The van der Waals surface area contributed by atoms with Crippen molar-refractivity contribution in [2.24, 2.45) is 0 Å². The molecule has 180 valence electrons. The van der Waals surface area contributed by atoms with E-state index in [1.165, 1.54) is 0 Å². The van der Waals surface area contributed by atoms with Crippen LogP contribution in [0.5, 0.6) is 11.5 Å². The minimum absolute atomic E-state index is 0.0116. The fourth-order valence-corrected chi connectivity index (χ4v) is 4.42. The van der Waals surface area contributed by atoms with Crippen LogP contribution in [0, 0.1) is 0 Å². The van der Waals surface area contributed by atoms with E-state index in [0.717, 1.165) is 18.5 Å². The third-order valence-electron chi connectivity index (χ3n) is 5.80. The molecule has 7 nitrogen and oxygen atoms in total. The molecule has 1 amide bonds. The van der Waals surface area contributed by atoms with Gasteiger partial charge >= 0.3 is 0 Å². The number of carbonyl (C=O) groups is 1. The number of hydrogen-bond donors (Lipinski definition) is 0. The van der Waals surface area contributed by atoms with Gasteiger partial charge in [-0.15, -0.1) is 0 Å². The van der Waals surface area contributed by atoms with E-state index in [4.69, 9.17) is 13.9 Å². The summed E-state index contributed by atoms with van der Waals surface area (Å²) < 4.78 is 17.5. The van der Waals surface area contributed by atoms with Gasteiger partial charge < -0.3 is 23.7 Å². The maximum atomic E-state index is 13.7. The monoisotopic (exact) mass is 464 g/mol. The lowest BCUT2D eigenvalue weighted by atomic mass is 9.98. The molecule has 3 aromatic rings. The van der Waals surface area contributed by atoms with Gasteiger partial charge in [0.05, 0.1) is 29.7 Å². The van der Waals surface area contributed by atoms with Crippen LogP contribution in [-0.2, 0) is 0 Å². The summed E-state index contributed by atoms with van der Waals surface area (Å²) in [7, 11) is 4.00. The molecule has 7 heteroatoms. The third-order valence-corrected chi connectivity index (χ3v) is 5.80. The molecule has 0 saturated heterocycles. The van der Waals surface area contributed by atoms with Crippen molar-refractivity contribution >= 4 is 16.9 Å². The number of fused-ring (bicyclic) bond motifs is 2. The molecule has 1 unspecified atom stereocenters. The number of ether oxygens (including phenoxy) is 2. The second-order valence-electron chi connectivity index (χ2n) is 9.06. The standard InChI is InChI=1S/C27H32N2O5/c1-6-32-19-11-12-21-22(16-19)34-26-23(25(21)30)24(29(27(26)31)14-8-13-28(4)5)18-9-7-10-20(15-18)33-17(2)3/h7,9-12,15-17,24H,6,8,13-14H2,1-5H3. The zero-order valence-corrected chi connectivity index (χ0v) is 20.5. The minimum Gasteiger partial charge on any atom is -0.494 e. The molecule has 2 aromatic carbocycles. The normalized spacial score (nSPS) is 15.4. The summed E-state index contributed by atoms with van der Waals surface area (Å²) in [6.07, 6.45) is 0.783. The third kappa shape index (κ3) is 4.66. The van der Waals surface area contributed by atoms with Crippen molar-refractivity contribution < 1.29 is 18.7 Å². The molecule has 0 fully saturated rings. The first-order valence-electron chi connectivity index (χ1n) is 11.8. The molecule has 0 N–H and O–H groups in total. The Morgan fingerprint density at radius 1 is 1.09 bits per heavy atom. The maximum Gasteiger partial charge on any atom is 0.290 e. The second kappa shape index (κ2) is 9.89. The highest BCUT2D eigenvalue weighted by molar-refractivity contribution is 5.99. The van der Waals surface area contributed by atoms with E-state index < -0.39 is 6.04 Å². The van der Waals surface area contributed by atoms with E-state index in [0.29, 0.717) is 41.2 Å². The number of hydrogen-bond acceptors (Lipinski definition) is 6. The molecule has 1 aliphatic rings. The first-order chi connectivity index (χ1) is 16.3. The predicted octanol–water partition coefficient (Wildman–Crippen LogP) is 4.48. The molecule has 1 atom stereocenters. The molecule has 4 rings (SSSR count). The lowest BCUT2D eigenvalue weighted by Gasteiger charge is -2.26. The molecular weight excluding hydrogens is 432 g/mol. The Bertz CT molecular complexity index is 1250. The molecule has 0 aliphatic carbocycles. The van der Waals surface area contributed by atoms with Crippen LogP contribution < -0.4 is 14.9 Å². The van der Waals surface area contributed by atoms with E-state index in [9.17, 15) is 9.59 Å². The minimum atomic E-state index is -0.535. The van der Waals surface area contributed by atoms with Gasteiger partial charge in [-0.05, 0) is 77.7 Å². The van der Waals surface area contributed by atoms with Gasteiger partial charge in [0.15, 0.2) is 5.43 Å². The Morgan fingerprint density at radius 2 is 1.88 bits per heavy atom. The van der Waals surface area contributed by atoms with Crippen LogP contribution in [0.1, 0.15) is 54.9 Å². The molecule has 2 heterocycles. The van der Waals surface area contributed by atoms with Crippen molar-refractivity contribution in [3.05, 3.63) is 69.6 Å². The molecule has 0 spiro atoms. The van der Waals surface area contributed by atoms with Crippen molar-refractivity contribution in [1.82, 2.24) is 9.80 Å². The second-order valence-corrected chi connectivity index (χ2v) is 9.06. The van der Waals surface area contributed by atoms with Gasteiger partial charge in [-0.25, -0.2) is 0 Å². The zero-order chi connectivity index (χ0) is 24.4. The van der Waals surface area contributed by atoms with E-state index in [2.05, 4.69) is 4.90 Å². The average molecular weight is 465 g/mol.